The number of pyridine rings is 2. The fraction of sp³-hybridized carbons (Fsp3) is 0.0800. The van der Waals surface area contributed by atoms with Gasteiger partial charge in [-0.05, 0) is 36.8 Å². The topological polar surface area (TPSA) is 64.0 Å². The second-order valence-electron chi connectivity index (χ2n) is 7.12. The van der Waals surface area contributed by atoms with Gasteiger partial charge in [-0.2, -0.15) is 0 Å². The molecule has 4 aromatic rings. The Kier molecular flexibility index (Phi) is 5.96. The van der Waals surface area contributed by atoms with Crippen LogP contribution in [0.3, 0.4) is 0 Å². The van der Waals surface area contributed by atoms with Crippen molar-refractivity contribution in [2.75, 3.05) is 5.32 Å². The quantitative estimate of drug-likeness (QED) is 0.475. The summed E-state index contributed by atoms with van der Waals surface area (Å²) >= 11 is 6.21. The molecule has 0 atom stereocenters. The average molecular weight is 430 g/mol. The van der Waals surface area contributed by atoms with Crippen LogP contribution in [0.1, 0.15) is 21.6 Å². The van der Waals surface area contributed by atoms with E-state index in [0.717, 1.165) is 16.8 Å². The number of anilines is 1. The van der Waals surface area contributed by atoms with Gasteiger partial charge in [0.25, 0.3) is 5.91 Å². The first kappa shape index (κ1) is 20.6. The minimum absolute atomic E-state index is 0.0626. The number of carbonyl (C=O) groups excluding carboxylic acids is 1. The van der Waals surface area contributed by atoms with Crippen LogP contribution in [0, 0.1) is 6.92 Å². The van der Waals surface area contributed by atoms with E-state index in [1.54, 1.807) is 48.8 Å². The summed E-state index contributed by atoms with van der Waals surface area (Å²) in [6, 6.07) is 21.9. The lowest BCUT2D eigenvalue weighted by Gasteiger charge is -2.20. The number of amides is 1. The van der Waals surface area contributed by atoms with Crippen molar-refractivity contribution in [3.8, 4) is 11.3 Å². The fourth-order valence-electron chi connectivity index (χ4n) is 3.51. The van der Waals surface area contributed by atoms with E-state index in [2.05, 4.69) is 10.3 Å². The van der Waals surface area contributed by atoms with Crippen LogP contribution in [0.2, 0.25) is 5.02 Å². The molecular weight excluding hydrogens is 410 g/mol. The summed E-state index contributed by atoms with van der Waals surface area (Å²) in [5, 5.41) is 3.19. The Morgan fingerprint density at radius 1 is 1.00 bits per heavy atom. The van der Waals surface area contributed by atoms with Gasteiger partial charge >= 0.3 is 0 Å². The normalized spacial score (nSPS) is 10.6. The molecule has 154 valence electrons. The van der Waals surface area contributed by atoms with Gasteiger partial charge in [-0.1, -0.05) is 54.1 Å². The molecular formula is C25H20ClN3O2. The first-order valence-electron chi connectivity index (χ1n) is 9.79. The van der Waals surface area contributed by atoms with Crippen molar-refractivity contribution in [1.82, 2.24) is 9.55 Å². The maximum absolute atomic E-state index is 13.3. The van der Waals surface area contributed by atoms with Crippen molar-refractivity contribution >= 4 is 23.2 Å². The number of aryl methyl sites for hydroxylation is 1. The standard InChI is InChI=1S/C25H20ClN3O2/c1-17-15-22(30)23(25(31)28-21-10-6-5-9-20(21)26)24(19-11-13-27-14-12-19)29(17)16-18-7-3-2-4-8-18/h2-15H,16H2,1H3,(H,28,31). The molecule has 5 nitrogen and oxygen atoms in total. The third kappa shape index (κ3) is 4.42. The summed E-state index contributed by atoms with van der Waals surface area (Å²) in [5.41, 5.74) is 3.25. The van der Waals surface area contributed by atoms with E-state index < -0.39 is 5.91 Å². The molecule has 4 rings (SSSR count). The van der Waals surface area contributed by atoms with Gasteiger partial charge in [-0.25, -0.2) is 0 Å². The number of benzene rings is 2. The van der Waals surface area contributed by atoms with E-state index in [1.807, 2.05) is 41.8 Å². The lowest BCUT2D eigenvalue weighted by molar-refractivity contribution is 0.102. The predicted molar refractivity (Wildman–Crippen MR) is 124 cm³/mol. The Bertz CT molecular complexity index is 1290. The van der Waals surface area contributed by atoms with Crippen LogP contribution in [0.25, 0.3) is 11.3 Å². The molecule has 2 heterocycles. The number of rotatable bonds is 5. The largest absolute Gasteiger partial charge is 0.340 e. The molecule has 1 amide bonds. The summed E-state index contributed by atoms with van der Waals surface area (Å²) in [7, 11) is 0. The Balaban J connectivity index is 1.90. The molecule has 2 aromatic carbocycles. The molecule has 0 saturated carbocycles. The van der Waals surface area contributed by atoms with Crippen molar-refractivity contribution in [3.05, 3.63) is 117 Å². The summed E-state index contributed by atoms with van der Waals surface area (Å²) < 4.78 is 1.98. The number of hydrogen-bond acceptors (Lipinski definition) is 3. The summed E-state index contributed by atoms with van der Waals surface area (Å²) in [4.78, 5) is 30.4. The highest BCUT2D eigenvalue weighted by Crippen LogP contribution is 2.26. The molecule has 0 radical (unpaired) electrons. The molecule has 6 heteroatoms. The lowest BCUT2D eigenvalue weighted by Crippen LogP contribution is -2.27. The fourth-order valence-corrected chi connectivity index (χ4v) is 3.70. The molecule has 0 fully saturated rings. The van der Waals surface area contributed by atoms with Crippen LogP contribution in [0.15, 0.2) is 90.0 Å². The predicted octanol–water partition coefficient (Wildman–Crippen LogP) is 5.17. The van der Waals surface area contributed by atoms with Crippen molar-refractivity contribution in [1.29, 1.82) is 0 Å². The molecule has 0 aliphatic carbocycles. The smallest absolute Gasteiger partial charge is 0.261 e. The molecule has 2 aromatic heterocycles. The average Bonchev–Trinajstić information content (AvgIpc) is 2.78. The second-order valence-corrected chi connectivity index (χ2v) is 7.52. The van der Waals surface area contributed by atoms with Crippen molar-refractivity contribution < 1.29 is 4.79 Å². The maximum atomic E-state index is 13.3. The zero-order chi connectivity index (χ0) is 21.8. The van der Waals surface area contributed by atoms with Crippen LogP contribution < -0.4 is 10.7 Å². The first-order valence-corrected chi connectivity index (χ1v) is 10.2. The van der Waals surface area contributed by atoms with Gasteiger partial charge in [0.1, 0.15) is 5.56 Å². The van der Waals surface area contributed by atoms with E-state index in [1.165, 1.54) is 6.07 Å². The van der Waals surface area contributed by atoms with Crippen molar-refractivity contribution in [2.24, 2.45) is 0 Å². The van der Waals surface area contributed by atoms with Crippen LogP contribution in [-0.4, -0.2) is 15.5 Å². The van der Waals surface area contributed by atoms with Gasteiger partial charge in [0.05, 0.1) is 16.4 Å². The highest BCUT2D eigenvalue weighted by Gasteiger charge is 2.22. The summed E-state index contributed by atoms with van der Waals surface area (Å²) in [5.74, 6) is -0.508. The molecule has 0 aliphatic rings. The van der Waals surface area contributed by atoms with E-state index in [9.17, 15) is 9.59 Å². The number of halogens is 1. The molecule has 0 bridgehead atoms. The van der Waals surface area contributed by atoms with Gasteiger partial charge in [-0.3, -0.25) is 14.6 Å². The highest BCUT2D eigenvalue weighted by atomic mass is 35.5. The van der Waals surface area contributed by atoms with Gasteiger partial charge < -0.3 is 9.88 Å². The SMILES string of the molecule is Cc1cc(=O)c(C(=O)Nc2ccccc2Cl)c(-c2ccncc2)n1Cc1ccccc1. The number of nitrogens with zero attached hydrogens (tertiary/aromatic N) is 2. The number of nitrogens with one attached hydrogen (secondary N) is 1. The minimum atomic E-state index is -0.508. The van der Waals surface area contributed by atoms with Crippen LogP contribution >= 0.6 is 11.6 Å². The molecule has 1 N–H and O–H groups in total. The van der Waals surface area contributed by atoms with Crippen LogP contribution in [-0.2, 0) is 6.54 Å². The molecule has 0 saturated heterocycles. The van der Waals surface area contributed by atoms with Gasteiger partial charge in [-0.15, -0.1) is 0 Å². The third-order valence-corrected chi connectivity index (χ3v) is 5.33. The first-order chi connectivity index (χ1) is 15.0. The number of para-hydroxylation sites is 1. The van der Waals surface area contributed by atoms with Gasteiger partial charge in [0, 0.05) is 36.3 Å². The molecule has 0 spiro atoms. The second kappa shape index (κ2) is 8.98. The van der Waals surface area contributed by atoms with E-state index in [4.69, 9.17) is 11.6 Å². The van der Waals surface area contributed by atoms with E-state index in [-0.39, 0.29) is 11.0 Å². The lowest BCUT2D eigenvalue weighted by atomic mass is 10.0. The van der Waals surface area contributed by atoms with E-state index >= 15 is 0 Å². The van der Waals surface area contributed by atoms with Gasteiger partial charge in [0.2, 0.25) is 0 Å². The Morgan fingerprint density at radius 2 is 1.68 bits per heavy atom. The number of carbonyl (C=O) groups is 1. The molecule has 0 unspecified atom stereocenters. The zero-order valence-electron chi connectivity index (χ0n) is 16.9. The van der Waals surface area contributed by atoms with Crippen LogP contribution in [0.4, 0.5) is 5.69 Å². The van der Waals surface area contributed by atoms with Gasteiger partial charge in [0.15, 0.2) is 5.43 Å². The number of aromatic nitrogens is 2. The Morgan fingerprint density at radius 3 is 2.39 bits per heavy atom. The van der Waals surface area contributed by atoms with E-state index in [0.29, 0.717) is 22.9 Å². The minimum Gasteiger partial charge on any atom is -0.340 e. The van der Waals surface area contributed by atoms with Crippen LogP contribution in [0.5, 0.6) is 0 Å². The van der Waals surface area contributed by atoms with Crippen molar-refractivity contribution in [3.63, 3.8) is 0 Å². The highest BCUT2D eigenvalue weighted by molar-refractivity contribution is 6.34. The summed E-state index contributed by atoms with van der Waals surface area (Å²) in [6.45, 7) is 2.38. The Hall–Kier alpha value is -3.70. The third-order valence-electron chi connectivity index (χ3n) is 5.01. The maximum Gasteiger partial charge on any atom is 0.261 e. The van der Waals surface area contributed by atoms with Crippen molar-refractivity contribution in [2.45, 2.75) is 13.5 Å². The zero-order valence-corrected chi connectivity index (χ0v) is 17.6. The Labute approximate surface area is 185 Å². The monoisotopic (exact) mass is 429 g/mol. The molecule has 0 aliphatic heterocycles. The molecule has 31 heavy (non-hydrogen) atoms. The number of hydrogen-bond donors (Lipinski definition) is 1. The summed E-state index contributed by atoms with van der Waals surface area (Å²) in [6.07, 6.45) is 3.29.